The lowest BCUT2D eigenvalue weighted by atomic mass is 9.94. The van der Waals surface area contributed by atoms with Crippen molar-refractivity contribution in [2.45, 2.75) is 69.9 Å². The second-order valence-electron chi connectivity index (χ2n) is 8.85. The van der Waals surface area contributed by atoms with Crippen LogP contribution in [0, 0.1) is 5.92 Å². The monoisotopic (exact) mass is 385 g/mol. The summed E-state index contributed by atoms with van der Waals surface area (Å²) in [6, 6.07) is 6.63. The van der Waals surface area contributed by atoms with Crippen LogP contribution >= 0.6 is 0 Å². The van der Waals surface area contributed by atoms with E-state index >= 15 is 0 Å². The topological polar surface area (TPSA) is 45.7 Å². The summed E-state index contributed by atoms with van der Waals surface area (Å²) in [4.78, 5) is 22.2. The van der Waals surface area contributed by atoms with Gasteiger partial charge in [0.1, 0.15) is 0 Å². The van der Waals surface area contributed by atoms with Crippen molar-refractivity contribution in [3.8, 4) is 0 Å². The molecular formula is C23H35N3O2. The van der Waals surface area contributed by atoms with Crippen LogP contribution in [0.5, 0.6) is 0 Å². The maximum atomic E-state index is 13.1. The molecule has 0 aromatic carbocycles. The van der Waals surface area contributed by atoms with E-state index in [1.54, 1.807) is 6.20 Å². The van der Waals surface area contributed by atoms with Crippen LogP contribution < -0.4 is 0 Å². The first-order chi connectivity index (χ1) is 13.8. The van der Waals surface area contributed by atoms with Crippen LogP contribution in [0.2, 0.25) is 0 Å². The van der Waals surface area contributed by atoms with Crippen molar-refractivity contribution in [3.63, 3.8) is 0 Å². The molecule has 1 atom stereocenters. The summed E-state index contributed by atoms with van der Waals surface area (Å²) in [6.45, 7) is 4.88. The Balaban J connectivity index is 1.32. The normalized spacial score (nSPS) is 24.6. The zero-order valence-corrected chi connectivity index (χ0v) is 17.1. The number of nitrogens with zero attached hydrogens (tertiary/aromatic N) is 3. The van der Waals surface area contributed by atoms with E-state index in [-0.39, 0.29) is 12.0 Å². The van der Waals surface area contributed by atoms with E-state index in [9.17, 15) is 4.79 Å². The van der Waals surface area contributed by atoms with Crippen LogP contribution in [-0.2, 0) is 16.0 Å². The van der Waals surface area contributed by atoms with Crippen LogP contribution in [0.4, 0.5) is 0 Å². The highest BCUT2D eigenvalue weighted by atomic mass is 16.5. The average Bonchev–Trinajstić information content (AvgIpc) is 3.43. The summed E-state index contributed by atoms with van der Waals surface area (Å²) in [7, 11) is 0. The van der Waals surface area contributed by atoms with Gasteiger partial charge in [0.15, 0.2) is 0 Å². The Morgan fingerprint density at radius 3 is 2.57 bits per heavy atom. The van der Waals surface area contributed by atoms with Gasteiger partial charge < -0.3 is 14.5 Å². The highest BCUT2D eigenvalue weighted by molar-refractivity contribution is 5.78. The number of ether oxygens (including phenoxy) is 1. The summed E-state index contributed by atoms with van der Waals surface area (Å²) in [5.74, 6) is 0.819. The van der Waals surface area contributed by atoms with E-state index in [0.717, 1.165) is 44.3 Å². The summed E-state index contributed by atoms with van der Waals surface area (Å²) in [5, 5.41) is 0. The zero-order chi connectivity index (χ0) is 19.2. The quantitative estimate of drug-likeness (QED) is 0.723. The molecular weight excluding hydrogens is 350 g/mol. The van der Waals surface area contributed by atoms with Crippen LogP contribution in [0.3, 0.4) is 0 Å². The molecule has 4 rings (SSSR count). The van der Waals surface area contributed by atoms with Gasteiger partial charge in [-0.2, -0.15) is 0 Å². The van der Waals surface area contributed by atoms with Crippen molar-refractivity contribution in [3.05, 3.63) is 30.1 Å². The van der Waals surface area contributed by atoms with Gasteiger partial charge in [-0.05, 0) is 69.7 Å². The number of rotatable bonds is 7. The maximum absolute atomic E-state index is 13.1. The van der Waals surface area contributed by atoms with Crippen molar-refractivity contribution in [2.24, 2.45) is 5.92 Å². The molecule has 2 aliphatic heterocycles. The highest BCUT2D eigenvalue weighted by Gasteiger charge is 2.30. The van der Waals surface area contributed by atoms with Crippen LogP contribution in [0.15, 0.2) is 24.4 Å². The van der Waals surface area contributed by atoms with E-state index in [2.05, 4.69) is 14.8 Å². The molecule has 0 spiro atoms. The van der Waals surface area contributed by atoms with E-state index in [4.69, 9.17) is 4.74 Å². The number of aromatic nitrogens is 1. The first-order valence-corrected chi connectivity index (χ1v) is 11.3. The molecule has 1 aliphatic carbocycles. The second-order valence-corrected chi connectivity index (χ2v) is 8.85. The SMILES string of the molecule is O=C(Cc1ccccn1)N(CC1CCN(C2CCCC2)CC1)CC1CCCO1. The molecule has 0 bridgehead atoms. The van der Waals surface area contributed by atoms with Gasteiger partial charge in [-0.3, -0.25) is 9.78 Å². The summed E-state index contributed by atoms with van der Waals surface area (Å²) in [5.41, 5.74) is 0.862. The Bertz CT molecular complexity index is 604. The van der Waals surface area contributed by atoms with Crippen molar-refractivity contribution < 1.29 is 9.53 Å². The Hall–Kier alpha value is -1.46. The standard InChI is InChI=1S/C23H35N3O2/c27-23(16-20-6-3-4-12-24-20)26(18-22-9-5-15-28-22)17-19-10-13-25(14-11-19)21-7-1-2-8-21/h3-4,6,12,19,21-22H,1-2,5,7-11,13-18H2. The fraction of sp³-hybridized carbons (Fsp3) is 0.739. The molecule has 3 heterocycles. The van der Waals surface area contributed by atoms with Crippen molar-refractivity contribution in [1.29, 1.82) is 0 Å². The van der Waals surface area contributed by atoms with Crippen LogP contribution in [0.1, 0.15) is 57.1 Å². The number of piperidine rings is 1. The third-order valence-electron chi connectivity index (χ3n) is 6.83. The molecule has 1 amide bonds. The molecule has 154 valence electrons. The third-order valence-corrected chi connectivity index (χ3v) is 6.83. The van der Waals surface area contributed by atoms with Crippen molar-refractivity contribution in [1.82, 2.24) is 14.8 Å². The lowest BCUT2D eigenvalue weighted by molar-refractivity contribution is -0.133. The maximum Gasteiger partial charge on any atom is 0.228 e. The predicted octanol–water partition coefficient (Wildman–Crippen LogP) is 3.29. The second kappa shape index (κ2) is 9.84. The van der Waals surface area contributed by atoms with Gasteiger partial charge in [0.25, 0.3) is 0 Å². The minimum atomic E-state index is 0.201. The van der Waals surface area contributed by atoms with E-state index in [1.165, 1.54) is 51.6 Å². The molecule has 1 unspecified atom stereocenters. The highest BCUT2D eigenvalue weighted by Crippen LogP contribution is 2.28. The molecule has 28 heavy (non-hydrogen) atoms. The lowest BCUT2D eigenvalue weighted by Crippen LogP contribution is -2.45. The Morgan fingerprint density at radius 2 is 1.89 bits per heavy atom. The van der Waals surface area contributed by atoms with E-state index < -0.39 is 0 Å². The molecule has 3 aliphatic rings. The average molecular weight is 386 g/mol. The van der Waals surface area contributed by atoms with Crippen LogP contribution in [0.25, 0.3) is 0 Å². The number of pyridine rings is 1. The molecule has 1 aromatic rings. The first kappa shape index (κ1) is 19.8. The number of amides is 1. The van der Waals surface area contributed by atoms with Crippen LogP contribution in [-0.4, -0.2) is 65.6 Å². The number of carbonyl (C=O) groups excluding carboxylic acids is 1. The minimum absolute atomic E-state index is 0.201. The fourth-order valence-corrected chi connectivity index (χ4v) is 5.16. The molecule has 2 saturated heterocycles. The van der Waals surface area contributed by atoms with Gasteiger partial charge in [-0.15, -0.1) is 0 Å². The van der Waals surface area contributed by atoms with Crippen molar-refractivity contribution >= 4 is 5.91 Å². The molecule has 1 saturated carbocycles. The lowest BCUT2D eigenvalue weighted by Gasteiger charge is -2.38. The minimum Gasteiger partial charge on any atom is -0.376 e. The smallest absolute Gasteiger partial charge is 0.228 e. The molecule has 5 nitrogen and oxygen atoms in total. The summed E-state index contributed by atoms with van der Waals surface area (Å²) in [6.07, 6.45) is 12.6. The first-order valence-electron chi connectivity index (χ1n) is 11.3. The number of hydrogen-bond donors (Lipinski definition) is 0. The largest absolute Gasteiger partial charge is 0.376 e. The Labute approximate surface area is 169 Å². The van der Waals surface area contributed by atoms with E-state index in [0.29, 0.717) is 12.3 Å². The number of hydrogen-bond acceptors (Lipinski definition) is 4. The van der Waals surface area contributed by atoms with E-state index in [1.807, 2.05) is 18.2 Å². The van der Waals surface area contributed by atoms with Gasteiger partial charge >= 0.3 is 0 Å². The van der Waals surface area contributed by atoms with Crippen molar-refractivity contribution in [2.75, 3.05) is 32.8 Å². The predicted molar refractivity (Wildman–Crippen MR) is 110 cm³/mol. The van der Waals surface area contributed by atoms with Gasteiger partial charge in [-0.1, -0.05) is 18.9 Å². The molecule has 0 radical (unpaired) electrons. The number of likely N-dealkylation sites (tertiary alicyclic amines) is 1. The van der Waals surface area contributed by atoms with Gasteiger partial charge in [0.2, 0.25) is 5.91 Å². The van der Waals surface area contributed by atoms with Gasteiger partial charge in [-0.25, -0.2) is 0 Å². The van der Waals surface area contributed by atoms with Gasteiger partial charge in [0.05, 0.1) is 12.5 Å². The molecule has 3 fully saturated rings. The Morgan fingerprint density at radius 1 is 1.07 bits per heavy atom. The number of carbonyl (C=O) groups is 1. The fourth-order valence-electron chi connectivity index (χ4n) is 5.16. The third kappa shape index (κ3) is 5.32. The molecule has 1 aromatic heterocycles. The Kier molecular flexibility index (Phi) is 6.97. The molecule has 0 N–H and O–H groups in total. The zero-order valence-electron chi connectivity index (χ0n) is 17.1. The summed E-state index contributed by atoms with van der Waals surface area (Å²) < 4.78 is 5.84. The van der Waals surface area contributed by atoms with Gasteiger partial charge in [0, 0.05) is 37.6 Å². The summed E-state index contributed by atoms with van der Waals surface area (Å²) >= 11 is 0. The molecule has 5 heteroatoms.